The normalized spacial score (nSPS) is 16.0. The number of H-pyrrole nitrogens is 1. The summed E-state index contributed by atoms with van der Waals surface area (Å²) in [6.07, 6.45) is 6.31. The van der Waals surface area contributed by atoms with E-state index in [-0.39, 0.29) is 11.5 Å². The van der Waals surface area contributed by atoms with Gasteiger partial charge in [-0.15, -0.1) is 0 Å². The highest BCUT2D eigenvalue weighted by atomic mass is 16.5. The highest BCUT2D eigenvalue weighted by Crippen LogP contribution is 2.20. The van der Waals surface area contributed by atoms with Gasteiger partial charge in [0.25, 0.3) is 5.56 Å². The first-order valence-corrected chi connectivity index (χ1v) is 7.61. The lowest BCUT2D eigenvalue weighted by atomic mass is 9.98. The molecule has 1 aliphatic carbocycles. The topological polar surface area (TPSA) is 102 Å². The van der Waals surface area contributed by atoms with Crippen LogP contribution in [0.25, 0.3) is 0 Å². The molecule has 1 fully saturated rings. The third-order valence-corrected chi connectivity index (χ3v) is 3.87. The maximum absolute atomic E-state index is 11.8. The second-order valence-corrected chi connectivity index (χ2v) is 5.32. The monoisotopic (exact) mass is 296 g/mol. The molecule has 0 radical (unpaired) electrons. The SMILES string of the molecule is CCn1c(N)c(NCCOC2CCCCC2)c(=O)[nH]c1=O. The van der Waals surface area contributed by atoms with Crippen LogP contribution in [0.1, 0.15) is 39.0 Å². The van der Waals surface area contributed by atoms with E-state index in [9.17, 15) is 9.59 Å². The summed E-state index contributed by atoms with van der Waals surface area (Å²) in [6, 6.07) is 0. The van der Waals surface area contributed by atoms with Gasteiger partial charge in [0.2, 0.25) is 0 Å². The molecule has 1 aromatic heterocycles. The predicted octanol–water partition coefficient (Wildman–Crippen LogP) is 0.900. The van der Waals surface area contributed by atoms with Gasteiger partial charge in [0.05, 0.1) is 12.7 Å². The second-order valence-electron chi connectivity index (χ2n) is 5.32. The zero-order valence-corrected chi connectivity index (χ0v) is 12.5. The summed E-state index contributed by atoms with van der Waals surface area (Å²) in [5.41, 5.74) is 5.13. The summed E-state index contributed by atoms with van der Waals surface area (Å²) in [7, 11) is 0. The third-order valence-electron chi connectivity index (χ3n) is 3.87. The molecule has 21 heavy (non-hydrogen) atoms. The number of hydrogen-bond donors (Lipinski definition) is 3. The maximum Gasteiger partial charge on any atom is 0.330 e. The lowest BCUT2D eigenvalue weighted by molar-refractivity contribution is 0.0347. The van der Waals surface area contributed by atoms with Crippen molar-refractivity contribution in [3.8, 4) is 0 Å². The van der Waals surface area contributed by atoms with Gasteiger partial charge >= 0.3 is 5.69 Å². The van der Waals surface area contributed by atoms with Crippen molar-refractivity contribution in [2.45, 2.75) is 51.7 Å². The molecule has 118 valence electrons. The number of anilines is 2. The first kappa shape index (κ1) is 15.6. The van der Waals surface area contributed by atoms with E-state index in [0.717, 1.165) is 12.8 Å². The molecule has 1 aliphatic rings. The number of aromatic amines is 1. The van der Waals surface area contributed by atoms with Crippen molar-refractivity contribution >= 4 is 11.5 Å². The van der Waals surface area contributed by atoms with Gasteiger partial charge in [-0.25, -0.2) is 4.79 Å². The minimum Gasteiger partial charge on any atom is -0.383 e. The van der Waals surface area contributed by atoms with Gasteiger partial charge in [0.15, 0.2) is 0 Å². The summed E-state index contributed by atoms with van der Waals surface area (Å²) in [5.74, 6) is 0.170. The third kappa shape index (κ3) is 3.87. The van der Waals surface area contributed by atoms with E-state index in [1.165, 1.54) is 23.8 Å². The van der Waals surface area contributed by atoms with Gasteiger partial charge < -0.3 is 15.8 Å². The Morgan fingerprint density at radius 3 is 2.71 bits per heavy atom. The fraction of sp³-hybridized carbons (Fsp3) is 0.714. The molecular formula is C14H24N4O3. The van der Waals surface area contributed by atoms with Crippen LogP contribution in [0.2, 0.25) is 0 Å². The number of ether oxygens (including phenoxy) is 1. The minimum atomic E-state index is -0.486. The molecule has 0 saturated heterocycles. The molecule has 0 unspecified atom stereocenters. The van der Waals surface area contributed by atoms with Crippen molar-refractivity contribution in [1.82, 2.24) is 9.55 Å². The summed E-state index contributed by atoms with van der Waals surface area (Å²) in [6.45, 7) is 3.22. The summed E-state index contributed by atoms with van der Waals surface area (Å²) < 4.78 is 7.11. The minimum absolute atomic E-state index is 0.170. The van der Waals surface area contributed by atoms with Crippen molar-refractivity contribution in [1.29, 1.82) is 0 Å². The zero-order valence-electron chi connectivity index (χ0n) is 12.5. The molecule has 1 saturated carbocycles. The van der Waals surface area contributed by atoms with Crippen molar-refractivity contribution in [2.75, 3.05) is 24.2 Å². The number of hydrogen-bond acceptors (Lipinski definition) is 5. The number of rotatable bonds is 6. The molecule has 7 heteroatoms. The van der Waals surface area contributed by atoms with Crippen LogP contribution < -0.4 is 22.3 Å². The average Bonchev–Trinajstić information content (AvgIpc) is 2.47. The van der Waals surface area contributed by atoms with Crippen LogP contribution in [0, 0.1) is 0 Å². The summed E-state index contributed by atoms with van der Waals surface area (Å²) in [4.78, 5) is 25.6. The molecule has 1 aromatic rings. The Bertz CT molecular complexity index is 573. The van der Waals surface area contributed by atoms with Gasteiger partial charge in [-0.3, -0.25) is 14.3 Å². The molecular weight excluding hydrogens is 272 g/mol. The molecule has 7 nitrogen and oxygen atoms in total. The van der Waals surface area contributed by atoms with Crippen LogP contribution in [0.4, 0.5) is 11.5 Å². The van der Waals surface area contributed by atoms with Gasteiger partial charge in [-0.05, 0) is 19.8 Å². The van der Waals surface area contributed by atoms with E-state index in [1.807, 2.05) is 0 Å². The fourth-order valence-electron chi connectivity index (χ4n) is 2.71. The first-order chi connectivity index (χ1) is 10.1. The van der Waals surface area contributed by atoms with Crippen LogP contribution in [0.5, 0.6) is 0 Å². The number of nitrogen functional groups attached to an aromatic ring is 1. The van der Waals surface area contributed by atoms with Crippen LogP contribution in [0.3, 0.4) is 0 Å². The smallest absolute Gasteiger partial charge is 0.330 e. The zero-order chi connectivity index (χ0) is 15.2. The van der Waals surface area contributed by atoms with Gasteiger partial charge in [0.1, 0.15) is 11.5 Å². The lowest BCUT2D eigenvalue weighted by Gasteiger charge is -2.22. The van der Waals surface area contributed by atoms with Gasteiger partial charge in [-0.1, -0.05) is 19.3 Å². The molecule has 0 amide bonds. The fourth-order valence-corrected chi connectivity index (χ4v) is 2.71. The Labute approximate surface area is 123 Å². The molecule has 0 aliphatic heterocycles. The van der Waals surface area contributed by atoms with E-state index >= 15 is 0 Å². The van der Waals surface area contributed by atoms with Crippen LogP contribution in [-0.2, 0) is 11.3 Å². The largest absolute Gasteiger partial charge is 0.383 e. The van der Waals surface area contributed by atoms with E-state index in [0.29, 0.717) is 25.8 Å². The Balaban J connectivity index is 1.91. The average molecular weight is 296 g/mol. The van der Waals surface area contributed by atoms with Crippen molar-refractivity contribution in [2.24, 2.45) is 0 Å². The molecule has 0 bridgehead atoms. The highest BCUT2D eigenvalue weighted by molar-refractivity contribution is 5.60. The standard InChI is InChI=1S/C14H24N4O3/c1-2-18-12(15)11(13(19)17-14(18)20)16-8-9-21-10-6-4-3-5-7-10/h10,16H,2-9,15H2,1H3,(H,17,19,20). The maximum atomic E-state index is 11.8. The van der Waals surface area contributed by atoms with Crippen molar-refractivity contribution < 1.29 is 4.74 Å². The lowest BCUT2D eigenvalue weighted by Crippen LogP contribution is -2.34. The van der Waals surface area contributed by atoms with Gasteiger partial charge in [-0.2, -0.15) is 0 Å². The number of aromatic nitrogens is 2. The van der Waals surface area contributed by atoms with Crippen LogP contribution in [0.15, 0.2) is 9.59 Å². The van der Waals surface area contributed by atoms with E-state index in [4.69, 9.17) is 10.5 Å². The predicted molar refractivity (Wildman–Crippen MR) is 82.7 cm³/mol. The van der Waals surface area contributed by atoms with E-state index in [2.05, 4.69) is 10.3 Å². The molecule has 1 heterocycles. The Morgan fingerprint density at radius 1 is 1.33 bits per heavy atom. The Morgan fingerprint density at radius 2 is 2.05 bits per heavy atom. The summed E-state index contributed by atoms with van der Waals surface area (Å²) in [5, 5.41) is 2.97. The Kier molecular flexibility index (Phi) is 5.44. The number of nitrogens with zero attached hydrogens (tertiary/aromatic N) is 1. The molecule has 2 rings (SSSR count). The van der Waals surface area contributed by atoms with Crippen molar-refractivity contribution in [3.05, 3.63) is 20.8 Å². The quantitative estimate of drug-likeness (QED) is 0.677. The number of nitrogens with one attached hydrogen (secondary N) is 2. The van der Waals surface area contributed by atoms with Gasteiger partial charge in [0, 0.05) is 13.1 Å². The highest BCUT2D eigenvalue weighted by Gasteiger charge is 2.14. The van der Waals surface area contributed by atoms with Crippen LogP contribution >= 0.6 is 0 Å². The van der Waals surface area contributed by atoms with E-state index in [1.54, 1.807) is 6.92 Å². The number of nitrogens with two attached hydrogens (primary N) is 1. The molecule has 0 atom stereocenters. The van der Waals surface area contributed by atoms with Crippen molar-refractivity contribution in [3.63, 3.8) is 0 Å². The second kappa shape index (κ2) is 7.31. The molecule has 0 aromatic carbocycles. The van der Waals surface area contributed by atoms with E-state index < -0.39 is 11.2 Å². The van der Waals surface area contributed by atoms with Crippen LogP contribution in [-0.4, -0.2) is 28.8 Å². The first-order valence-electron chi connectivity index (χ1n) is 7.61. The molecule has 0 spiro atoms. The molecule has 4 N–H and O–H groups in total. The Hall–Kier alpha value is -1.76. The summed E-state index contributed by atoms with van der Waals surface area (Å²) >= 11 is 0.